The molecule has 0 aliphatic rings. The molecule has 0 aromatic heterocycles. The van der Waals surface area contributed by atoms with Gasteiger partial charge in [0, 0.05) is 10.5 Å². The molecule has 0 heterocycles. The SMILES string of the molecule is C=CCCOc1ccc(Br)cc1CC(C)N. The van der Waals surface area contributed by atoms with E-state index in [0.717, 1.165) is 28.6 Å². The molecule has 1 atom stereocenters. The molecule has 1 rings (SSSR count). The van der Waals surface area contributed by atoms with Gasteiger partial charge in [0.2, 0.25) is 0 Å². The summed E-state index contributed by atoms with van der Waals surface area (Å²) in [5, 5.41) is 0. The highest BCUT2D eigenvalue weighted by Gasteiger charge is 2.06. The van der Waals surface area contributed by atoms with E-state index in [1.807, 2.05) is 25.1 Å². The van der Waals surface area contributed by atoms with Gasteiger partial charge in [-0.1, -0.05) is 22.0 Å². The maximum atomic E-state index is 5.81. The Balaban J connectivity index is 2.76. The topological polar surface area (TPSA) is 35.2 Å². The van der Waals surface area contributed by atoms with E-state index in [1.165, 1.54) is 0 Å². The van der Waals surface area contributed by atoms with Crippen LogP contribution in [0.3, 0.4) is 0 Å². The molecule has 0 spiro atoms. The van der Waals surface area contributed by atoms with Crippen molar-refractivity contribution in [3.63, 3.8) is 0 Å². The lowest BCUT2D eigenvalue weighted by Gasteiger charge is -2.13. The lowest BCUT2D eigenvalue weighted by Crippen LogP contribution is -2.18. The molecular weight excluding hydrogens is 266 g/mol. The van der Waals surface area contributed by atoms with Crippen molar-refractivity contribution >= 4 is 15.9 Å². The van der Waals surface area contributed by atoms with E-state index in [2.05, 4.69) is 28.6 Å². The summed E-state index contributed by atoms with van der Waals surface area (Å²) in [5.74, 6) is 0.919. The summed E-state index contributed by atoms with van der Waals surface area (Å²) in [6.07, 6.45) is 3.53. The number of halogens is 1. The fraction of sp³-hybridized carbons (Fsp3) is 0.385. The van der Waals surface area contributed by atoms with Gasteiger partial charge >= 0.3 is 0 Å². The second-order valence-corrected chi connectivity index (χ2v) is 4.77. The maximum Gasteiger partial charge on any atom is 0.122 e. The van der Waals surface area contributed by atoms with Crippen LogP contribution in [-0.4, -0.2) is 12.6 Å². The number of benzene rings is 1. The smallest absolute Gasteiger partial charge is 0.122 e. The molecule has 1 aromatic carbocycles. The Morgan fingerprint density at radius 1 is 1.56 bits per heavy atom. The zero-order valence-corrected chi connectivity index (χ0v) is 11.2. The van der Waals surface area contributed by atoms with Gasteiger partial charge in [0.1, 0.15) is 5.75 Å². The molecule has 0 amide bonds. The first-order valence-corrected chi connectivity index (χ1v) is 6.20. The van der Waals surface area contributed by atoms with Gasteiger partial charge in [0.25, 0.3) is 0 Å². The number of ether oxygens (including phenoxy) is 1. The summed E-state index contributed by atoms with van der Waals surface area (Å²) in [4.78, 5) is 0. The molecule has 0 aliphatic carbocycles. The van der Waals surface area contributed by atoms with Gasteiger partial charge < -0.3 is 10.5 Å². The monoisotopic (exact) mass is 283 g/mol. The van der Waals surface area contributed by atoms with Crippen molar-refractivity contribution in [3.8, 4) is 5.75 Å². The predicted octanol–water partition coefficient (Wildman–Crippen LogP) is 3.29. The molecule has 2 nitrogen and oxygen atoms in total. The van der Waals surface area contributed by atoms with Crippen LogP contribution >= 0.6 is 15.9 Å². The Hall–Kier alpha value is -0.800. The minimum absolute atomic E-state index is 0.135. The molecule has 0 saturated heterocycles. The first kappa shape index (κ1) is 13.3. The molecule has 1 unspecified atom stereocenters. The van der Waals surface area contributed by atoms with Gasteiger partial charge in [-0.3, -0.25) is 0 Å². The largest absolute Gasteiger partial charge is 0.493 e. The van der Waals surface area contributed by atoms with Crippen molar-refractivity contribution in [3.05, 3.63) is 40.9 Å². The highest BCUT2D eigenvalue weighted by Crippen LogP contribution is 2.24. The van der Waals surface area contributed by atoms with Crippen LogP contribution in [0.2, 0.25) is 0 Å². The summed E-state index contributed by atoms with van der Waals surface area (Å²) >= 11 is 3.46. The van der Waals surface area contributed by atoms with Crippen molar-refractivity contribution in [1.82, 2.24) is 0 Å². The van der Waals surface area contributed by atoms with Crippen LogP contribution in [0.5, 0.6) is 5.75 Å². The highest BCUT2D eigenvalue weighted by molar-refractivity contribution is 9.10. The molecule has 0 fully saturated rings. The Morgan fingerprint density at radius 3 is 2.94 bits per heavy atom. The van der Waals surface area contributed by atoms with Crippen molar-refractivity contribution in [2.24, 2.45) is 5.73 Å². The molecule has 16 heavy (non-hydrogen) atoms. The number of rotatable bonds is 6. The number of hydrogen-bond donors (Lipinski definition) is 1. The van der Waals surface area contributed by atoms with E-state index < -0.39 is 0 Å². The summed E-state index contributed by atoms with van der Waals surface area (Å²) in [7, 11) is 0. The third-order valence-electron chi connectivity index (χ3n) is 2.14. The van der Waals surface area contributed by atoms with Crippen LogP contribution in [0.1, 0.15) is 18.9 Å². The van der Waals surface area contributed by atoms with Crippen LogP contribution < -0.4 is 10.5 Å². The second kappa shape index (κ2) is 6.71. The number of hydrogen-bond acceptors (Lipinski definition) is 2. The quantitative estimate of drug-likeness (QED) is 0.642. The Bertz CT molecular complexity index is 350. The van der Waals surface area contributed by atoms with E-state index in [9.17, 15) is 0 Å². The van der Waals surface area contributed by atoms with Crippen LogP contribution in [0.15, 0.2) is 35.3 Å². The normalized spacial score (nSPS) is 12.2. The van der Waals surface area contributed by atoms with Crippen LogP contribution in [0.25, 0.3) is 0 Å². The predicted molar refractivity (Wildman–Crippen MR) is 71.8 cm³/mol. The summed E-state index contributed by atoms with van der Waals surface area (Å²) < 4.78 is 6.74. The second-order valence-electron chi connectivity index (χ2n) is 3.86. The van der Waals surface area contributed by atoms with Crippen LogP contribution in [0.4, 0.5) is 0 Å². The van der Waals surface area contributed by atoms with Gasteiger partial charge in [-0.05, 0) is 43.5 Å². The van der Waals surface area contributed by atoms with E-state index in [4.69, 9.17) is 10.5 Å². The Labute approximate surface area is 106 Å². The van der Waals surface area contributed by atoms with E-state index in [-0.39, 0.29) is 6.04 Å². The average Bonchev–Trinajstić information content (AvgIpc) is 2.20. The molecule has 0 radical (unpaired) electrons. The molecule has 3 heteroatoms. The zero-order chi connectivity index (χ0) is 12.0. The Kier molecular flexibility index (Phi) is 5.56. The number of nitrogens with two attached hydrogens (primary N) is 1. The summed E-state index contributed by atoms with van der Waals surface area (Å²) in [5.41, 5.74) is 6.96. The standard InChI is InChI=1S/C13H18BrNO/c1-3-4-7-16-13-6-5-12(14)9-11(13)8-10(2)15/h3,5-6,9-10H,1,4,7-8,15H2,2H3. The highest BCUT2D eigenvalue weighted by atomic mass is 79.9. The molecule has 0 saturated carbocycles. The minimum atomic E-state index is 0.135. The first-order valence-electron chi connectivity index (χ1n) is 5.41. The van der Waals surface area contributed by atoms with E-state index in [1.54, 1.807) is 0 Å². The summed E-state index contributed by atoms with van der Waals surface area (Å²) in [6.45, 7) is 6.33. The molecular formula is C13H18BrNO. The minimum Gasteiger partial charge on any atom is -0.493 e. The molecule has 0 bridgehead atoms. The van der Waals surface area contributed by atoms with Gasteiger partial charge in [-0.25, -0.2) is 0 Å². The van der Waals surface area contributed by atoms with Gasteiger partial charge in [0.05, 0.1) is 6.61 Å². The third kappa shape index (κ3) is 4.37. The van der Waals surface area contributed by atoms with Crippen molar-refractivity contribution in [1.29, 1.82) is 0 Å². The van der Waals surface area contributed by atoms with Gasteiger partial charge in [0.15, 0.2) is 0 Å². The summed E-state index contributed by atoms with van der Waals surface area (Å²) in [6, 6.07) is 6.15. The first-order chi connectivity index (χ1) is 7.63. The molecule has 88 valence electrons. The van der Waals surface area contributed by atoms with Crippen molar-refractivity contribution in [2.75, 3.05) is 6.61 Å². The van der Waals surface area contributed by atoms with Crippen molar-refractivity contribution < 1.29 is 4.74 Å². The van der Waals surface area contributed by atoms with Crippen LogP contribution in [-0.2, 0) is 6.42 Å². The lowest BCUT2D eigenvalue weighted by molar-refractivity contribution is 0.321. The van der Waals surface area contributed by atoms with E-state index >= 15 is 0 Å². The third-order valence-corrected chi connectivity index (χ3v) is 2.64. The van der Waals surface area contributed by atoms with Crippen molar-refractivity contribution in [2.45, 2.75) is 25.8 Å². The maximum absolute atomic E-state index is 5.81. The molecule has 1 aromatic rings. The van der Waals surface area contributed by atoms with Crippen LogP contribution in [0, 0.1) is 0 Å². The molecule has 2 N–H and O–H groups in total. The Morgan fingerprint density at radius 2 is 2.31 bits per heavy atom. The average molecular weight is 284 g/mol. The van der Waals surface area contributed by atoms with Gasteiger partial charge in [-0.2, -0.15) is 0 Å². The van der Waals surface area contributed by atoms with E-state index in [0.29, 0.717) is 6.61 Å². The fourth-order valence-corrected chi connectivity index (χ4v) is 1.86. The zero-order valence-electron chi connectivity index (χ0n) is 9.58. The fourth-order valence-electron chi connectivity index (χ4n) is 1.45. The lowest BCUT2D eigenvalue weighted by atomic mass is 10.1. The molecule has 0 aliphatic heterocycles. The van der Waals surface area contributed by atoms with Gasteiger partial charge in [-0.15, -0.1) is 6.58 Å².